The van der Waals surface area contributed by atoms with Crippen LogP contribution in [0.3, 0.4) is 0 Å². The summed E-state index contributed by atoms with van der Waals surface area (Å²) >= 11 is 1.64. The number of aryl methyl sites for hydroxylation is 2. The quantitative estimate of drug-likeness (QED) is 0.781. The lowest BCUT2D eigenvalue weighted by atomic mass is 10.1. The molecule has 0 fully saturated rings. The summed E-state index contributed by atoms with van der Waals surface area (Å²) in [4.78, 5) is 5.57. The van der Waals surface area contributed by atoms with Gasteiger partial charge in [0.15, 0.2) is 0 Å². The first-order chi connectivity index (χ1) is 6.63. The predicted molar refractivity (Wildman–Crippen MR) is 57.6 cm³/mol. The predicted octanol–water partition coefficient (Wildman–Crippen LogP) is 1.44. The lowest BCUT2D eigenvalue weighted by Gasteiger charge is -2.06. The Labute approximate surface area is 88.4 Å². The Hall–Kier alpha value is -0.450. The monoisotopic (exact) mass is 215 g/mol. The lowest BCUT2D eigenvalue weighted by Crippen LogP contribution is -2.10. The van der Waals surface area contributed by atoms with Crippen LogP contribution in [0.1, 0.15) is 28.4 Å². The molecule has 0 amide bonds. The van der Waals surface area contributed by atoms with Crippen LogP contribution in [0.4, 0.5) is 0 Å². The van der Waals surface area contributed by atoms with Gasteiger partial charge in [-0.3, -0.25) is 0 Å². The van der Waals surface area contributed by atoms with E-state index in [1.165, 1.54) is 4.88 Å². The van der Waals surface area contributed by atoms with E-state index in [0.29, 0.717) is 19.3 Å². The maximum absolute atomic E-state index is 9.59. The van der Waals surface area contributed by atoms with Crippen LogP contribution in [0.5, 0.6) is 0 Å². The zero-order valence-electron chi connectivity index (χ0n) is 8.66. The number of aliphatic hydroxyl groups excluding tert-OH is 2. The van der Waals surface area contributed by atoms with E-state index in [1.54, 1.807) is 11.3 Å². The highest BCUT2D eigenvalue weighted by Crippen LogP contribution is 2.18. The molecule has 80 valence electrons. The fourth-order valence-corrected chi connectivity index (χ4v) is 2.26. The molecule has 1 atom stereocenters. The van der Waals surface area contributed by atoms with Crippen LogP contribution in [-0.4, -0.2) is 27.9 Å². The SMILES string of the molecule is Cc1nc(CC(O)CCCO)sc1C. The number of hydrogen-bond acceptors (Lipinski definition) is 4. The van der Waals surface area contributed by atoms with E-state index in [1.807, 2.05) is 13.8 Å². The van der Waals surface area contributed by atoms with Gasteiger partial charge in [-0.25, -0.2) is 4.98 Å². The first-order valence-electron chi connectivity index (χ1n) is 4.85. The number of aromatic nitrogens is 1. The molecule has 1 aromatic heterocycles. The molecule has 0 radical (unpaired) electrons. The average molecular weight is 215 g/mol. The van der Waals surface area contributed by atoms with Gasteiger partial charge in [0.05, 0.1) is 16.8 Å². The molecule has 4 heteroatoms. The highest BCUT2D eigenvalue weighted by molar-refractivity contribution is 7.11. The third-order valence-electron chi connectivity index (χ3n) is 2.18. The van der Waals surface area contributed by atoms with Crippen LogP contribution in [0, 0.1) is 13.8 Å². The second-order valence-corrected chi connectivity index (χ2v) is 4.76. The van der Waals surface area contributed by atoms with Crippen molar-refractivity contribution < 1.29 is 10.2 Å². The summed E-state index contributed by atoms with van der Waals surface area (Å²) in [5.41, 5.74) is 1.05. The zero-order valence-corrected chi connectivity index (χ0v) is 9.47. The van der Waals surface area contributed by atoms with Gasteiger partial charge in [0.1, 0.15) is 0 Å². The second-order valence-electron chi connectivity index (χ2n) is 3.47. The zero-order chi connectivity index (χ0) is 10.6. The minimum absolute atomic E-state index is 0.146. The summed E-state index contributed by atoms with van der Waals surface area (Å²) in [5, 5.41) is 19.2. The van der Waals surface area contributed by atoms with Gasteiger partial charge in [-0.15, -0.1) is 11.3 Å². The molecule has 14 heavy (non-hydrogen) atoms. The van der Waals surface area contributed by atoms with Gasteiger partial charge in [-0.1, -0.05) is 0 Å². The van der Waals surface area contributed by atoms with E-state index in [-0.39, 0.29) is 12.7 Å². The average Bonchev–Trinajstić information content (AvgIpc) is 2.42. The van der Waals surface area contributed by atoms with E-state index in [2.05, 4.69) is 4.98 Å². The smallest absolute Gasteiger partial charge is 0.0956 e. The van der Waals surface area contributed by atoms with Gasteiger partial charge in [-0.05, 0) is 26.7 Å². The second kappa shape index (κ2) is 5.44. The molecule has 0 spiro atoms. The maximum atomic E-state index is 9.59. The van der Waals surface area contributed by atoms with Gasteiger partial charge in [0.25, 0.3) is 0 Å². The summed E-state index contributed by atoms with van der Waals surface area (Å²) in [7, 11) is 0. The van der Waals surface area contributed by atoms with Crippen molar-refractivity contribution in [2.24, 2.45) is 0 Å². The van der Waals surface area contributed by atoms with Crippen molar-refractivity contribution in [3.05, 3.63) is 15.6 Å². The van der Waals surface area contributed by atoms with Crippen molar-refractivity contribution in [3.63, 3.8) is 0 Å². The lowest BCUT2D eigenvalue weighted by molar-refractivity contribution is 0.150. The first kappa shape index (κ1) is 11.6. The third kappa shape index (κ3) is 3.36. The number of nitrogens with zero attached hydrogens (tertiary/aromatic N) is 1. The van der Waals surface area contributed by atoms with Crippen LogP contribution in [-0.2, 0) is 6.42 Å². The highest BCUT2D eigenvalue weighted by Gasteiger charge is 2.09. The van der Waals surface area contributed by atoms with Crippen molar-refractivity contribution in [2.45, 2.75) is 39.2 Å². The molecule has 1 rings (SSSR count). The summed E-state index contributed by atoms with van der Waals surface area (Å²) in [6.45, 7) is 4.17. The van der Waals surface area contributed by atoms with Gasteiger partial charge in [0, 0.05) is 17.9 Å². The summed E-state index contributed by atoms with van der Waals surface area (Å²) in [5.74, 6) is 0. The normalized spacial score (nSPS) is 13.1. The summed E-state index contributed by atoms with van der Waals surface area (Å²) < 4.78 is 0. The van der Waals surface area contributed by atoms with Gasteiger partial charge < -0.3 is 10.2 Å². The van der Waals surface area contributed by atoms with Crippen LogP contribution < -0.4 is 0 Å². The summed E-state index contributed by atoms with van der Waals surface area (Å²) in [6, 6.07) is 0. The molecule has 0 saturated heterocycles. The Morgan fingerprint density at radius 2 is 2.14 bits per heavy atom. The Balaban J connectivity index is 2.43. The molecule has 0 saturated carbocycles. The van der Waals surface area contributed by atoms with Gasteiger partial charge in [0.2, 0.25) is 0 Å². The molecular weight excluding hydrogens is 198 g/mol. The van der Waals surface area contributed by atoms with Crippen LogP contribution in [0.2, 0.25) is 0 Å². The standard InChI is InChI=1S/C10H17NO2S/c1-7-8(2)14-10(11-7)6-9(13)4-3-5-12/h9,12-13H,3-6H2,1-2H3. The van der Waals surface area contributed by atoms with Crippen molar-refractivity contribution in [1.29, 1.82) is 0 Å². The molecule has 1 aromatic rings. The minimum atomic E-state index is -0.368. The van der Waals surface area contributed by atoms with E-state index >= 15 is 0 Å². The topological polar surface area (TPSA) is 53.4 Å². The number of hydrogen-bond donors (Lipinski definition) is 2. The van der Waals surface area contributed by atoms with Gasteiger partial charge >= 0.3 is 0 Å². The van der Waals surface area contributed by atoms with Crippen molar-refractivity contribution in [3.8, 4) is 0 Å². The molecule has 1 heterocycles. The highest BCUT2D eigenvalue weighted by atomic mass is 32.1. The Kier molecular flexibility index (Phi) is 4.51. The molecular formula is C10H17NO2S. The van der Waals surface area contributed by atoms with E-state index in [9.17, 15) is 5.11 Å². The van der Waals surface area contributed by atoms with E-state index in [0.717, 1.165) is 10.7 Å². The Morgan fingerprint density at radius 3 is 2.64 bits per heavy atom. The molecule has 0 aliphatic heterocycles. The molecule has 3 nitrogen and oxygen atoms in total. The Bertz CT molecular complexity index is 266. The Morgan fingerprint density at radius 1 is 1.43 bits per heavy atom. The largest absolute Gasteiger partial charge is 0.396 e. The molecule has 1 unspecified atom stereocenters. The fraction of sp³-hybridized carbons (Fsp3) is 0.700. The number of rotatable bonds is 5. The van der Waals surface area contributed by atoms with Gasteiger partial charge in [-0.2, -0.15) is 0 Å². The molecule has 0 aliphatic rings. The molecule has 0 bridgehead atoms. The third-order valence-corrected chi connectivity index (χ3v) is 3.27. The van der Waals surface area contributed by atoms with Crippen LogP contribution in [0.15, 0.2) is 0 Å². The van der Waals surface area contributed by atoms with Crippen molar-refractivity contribution in [1.82, 2.24) is 4.98 Å². The van der Waals surface area contributed by atoms with Crippen LogP contribution >= 0.6 is 11.3 Å². The molecule has 0 aromatic carbocycles. The van der Waals surface area contributed by atoms with E-state index < -0.39 is 0 Å². The maximum Gasteiger partial charge on any atom is 0.0956 e. The van der Waals surface area contributed by atoms with E-state index in [4.69, 9.17) is 5.11 Å². The first-order valence-corrected chi connectivity index (χ1v) is 5.67. The molecule has 0 aliphatic carbocycles. The van der Waals surface area contributed by atoms with Crippen LogP contribution in [0.25, 0.3) is 0 Å². The summed E-state index contributed by atoms with van der Waals surface area (Å²) in [6.07, 6.45) is 1.55. The molecule has 2 N–H and O–H groups in total. The minimum Gasteiger partial charge on any atom is -0.396 e. The number of aliphatic hydroxyl groups is 2. The fourth-order valence-electron chi connectivity index (χ4n) is 1.26. The van der Waals surface area contributed by atoms with Crippen molar-refractivity contribution in [2.75, 3.05) is 6.61 Å². The van der Waals surface area contributed by atoms with Crippen molar-refractivity contribution >= 4 is 11.3 Å². The number of thiazole rings is 1.